The maximum Gasteiger partial charge on any atom is 0.331 e. The minimum absolute atomic E-state index is 0.0344. The van der Waals surface area contributed by atoms with Gasteiger partial charge in [-0.2, -0.15) is 0 Å². The molecule has 0 aliphatic carbocycles. The van der Waals surface area contributed by atoms with E-state index in [1.807, 2.05) is 6.08 Å². The van der Waals surface area contributed by atoms with Crippen molar-refractivity contribution < 1.29 is 38.0 Å². The smallest absolute Gasteiger partial charge is 0.331 e. The Morgan fingerprint density at radius 3 is 2.67 bits per heavy atom. The van der Waals surface area contributed by atoms with Gasteiger partial charge in [-0.1, -0.05) is 30.1 Å². The van der Waals surface area contributed by atoms with E-state index in [1.165, 1.54) is 43.5 Å². The van der Waals surface area contributed by atoms with Gasteiger partial charge in [0.2, 0.25) is 0 Å². The van der Waals surface area contributed by atoms with Crippen molar-refractivity contribution in [3.05, 3.63) is 66.5 Å². The normalized spacial score (nSPS) is 20.8. The lowest BCUT2D eigenvalue weighted by atomic mass is 10.2. The van der Waals surface area contributed by atoms with Gasteiger partial charge in [0.1, 0.15) is 43.1 Å². The van der Waals surface area contributed by atoms with E-state index in [0.29, 0.717) is 5.75 Å². The number of esters is 1. The lowest BCUT2D eigenvalue weighted by Gasteiger charge is -2.16. The largest absolute Gasteiger partial charge is 0.491 e. The van der Waals surface area contributed by atoms with Crippen LogP contribution in [0.25, 0.3) is 0 Å². The monoisotopic (exact) mass is 460 g/mol. The van der Waals surface area contributed by atoms with Gasteiger partial charge in [0, 0.05) is 0 Å². The van der Waals surface area contributed by atoms with Gasteiger partial charge in [-0.15, -0.1) is 0 Å². The number of halogens is 1. The fourth-order valence-electron chi connectivity index (χ4n) is 2.77. The molecule has 0 amide bonds. The molecule has 0 radical (unpaired) electrons. The van der Waals surface area contributed by atoms with E-state index >= 15 is 0 Å². The standard InChI is InChI=1S/C25H29FO7/c1-25(2)32-22(23(33-25)17-30-18-24(28)29-3)11-9-7-5-4-6-8-10-20(27)16-31-21-14-12-19(26)13-15-21/h5,7-15,20,22-23,27H,16-18H2,1-3H3/t20?,22-,23+/m1/s1. The molecule has 0 saturated carbocycles. The second-order valence-corrected chi connectivity index (χ2v) is 7.45. The summed E-state index contributed by atoms with van der Waals surface area (Å²) in [6, 6.07) is 5.56. The number of ether oxygens (including phenoxy) is 5. The molecule has 1 aliphatic heterocycles. The zero-order chi connectivity index (χ0) is 24.1. The first-order chi connectivity index (χ1) is 15.8. The molecule has 0 bridgehead atoms. The average Bonchev–Trinajstić information content (AvgIpc) is 3.08. The first-order valence-corrected chi connectivity index (χ1v) is 10.4. The van der Waals surface area contributed by atoms with E-state index in [9.17, 15) is 14.3 Å². The molecule has 0 aromatic heterocycles. The minimum Gasteiger partial charge on any atom is -0.491 e. The zero-order valence-electron chi connectivity index (χ0n) is 18.9. The summed E-state index contributed by atoms with van der Waals surface area (Å²) < 4.78 is 39.7. The minimum atomic E-state index is -0.838. The second kappa shape index (κ2) is 13.6. The van der Waals surface area contributed by atoms with Crippen LogP contribution in [-0.4, -0.2) is 62.1 Å². The summed E-state index contributed by atoms with van der Waals surface area (Å²) in [5, 5.41) is 9.86. The van der Waals surface area contributed by atoms with Crippen LogP contribution in [0, 0.1) is 17.7 Å². The van der Waals surface area contributed by atoms with E-state index < -0.39 is 17.9 Å². The van der Waals surface area contributed by atoms with Gasteiger partial charge in [0.05, 0.1) is 13.7 Å². The predicted octanol–water partition coefficient (Wildman–Crippen LogP) is 2.95. The Bertz CT molecular complexity index is 894. The number of carbonyl (C=O) groups is 1. The lowest BCUT2D eigenvalue weighted by Crippen LogP contribution is -2.28. The lowest BCUT2D eigenvalue weighted by molar-refractivity contribution is -0.154. The molecule has 8 heteroatoms. The molecule has 1 aliphatic rings. The van der Waals surface area contributed by atoms with E-state index in [-0.39, 0.29) is 37.8 Å². The number of benzene rings is 1. The van der Waals surface area contributed by atoms with Gasteiger partial charge in [-0.05, 0) is 56.3 Å². The van der Waals surface area contributed by atoms with Crippen LogP contribution in [0.1, 0.15) is 13.8 Å². The zero-order valence-corrected chi connectivity index (χ0v) is 18.9. The third-order valence-corrected chi connectivity index (χ3v) is 4.26. The summed E-state index contributed by atoms with van der Waals surface area (Å²) in [4.78, 5) is 11.2. The third kappa shape index (κ3) is 10.5. The first-order valence-electron chi connectivity index (χ1n) is 10.4. The Morgan fingerprint density at radius 1 is 1.21 bits per heavy atom. The molecule has 7 nitrogen and oxygen atoms in total. The van der Waals surface area contributed by atoms with Gasteiger partial charge in [-0.25, -0.2) is 9.18 Å². The number of carbonyl (C=O) groups excluding carboxylic acids is 1. The van der Waals surface area contributed by atoms with Crippen molar-refractivity contribution in [3.8, 4) is 17.6 Å². The summed E-state index contributed by atoms with van der Waals surface area (Å²) >= 11 is 0. The van der Waals surface area contributed by atoms with Crippen LogP contribution < -0.4 is 4.74 Å². The van der Waals surface area contributed by atoms with Crippen molar-refractivity contribution >= 4 is 5.97 Å². The molecule has 1 unspecified atom stereocenters. The van der Waals surface area contributed by atoms with Gasteiger partial charge >= 0.3 is 5.97 Å². The highest BCUT2D eigenvalue weighted by Gasteiger charge is 2.39. The molecule has 0 spiro atoms. The number of aliphatic hydroxyl groups excluding tert-OH is 1. The molecule has 1 fully saturated rings. The summed E-state index contributed by atoms with van der Waals surface area (Å²) in [7, 11) is 1.30. The Balaban J connectivity index is 1.74. The average molecular weight is 460 g/mol. The number of hydrogen-bond donors (Lipinski definition) is 1. The maximum atomic E-state index is 12.8. The van der Waals surface area contributed by atoms with Gasteiger partial charge < -0.3 is 28.8 Å². The van der Waals surface area contributed by atoms with Crippen molar-refractivity contribution in [3.63, 3.8) is 0 Å². The van der Waals surface area contributed by atoms with E-state index in [2.05, 4.69) is 16.6 Å². The van der Waals surface area contributed by atoms with Crippen LogP contribution in [0.4, 0.5) is 4.39 Å². The van der Waals surface area contributed by atoms with Crippen molar-refractivity contribution in [2.45, 2.75) is 37.9 Å². The molecule has 1 aromatic carbocycles. The van der Waals surface area contributed by atoms with Crippen LogP contribution in [0.5, 0.6) is 5.75 Å². The highest BCUT2D eigenvalue weighted by molar-refractivity contribution is 5.70. The Hall–Kier alpha value is -2.96. The van der Waals surface area contributed by atoms with Crippen molar-refractivity contribution in [1.82, 2.24) is 0 Å². The maximum absolute atomic E-state index is 12.8. The number of aliphatic hydroxyl groups is 1. The van der Waals surface area contributed by atoms with E-state index in [1.54, 1.807) is 32.1 Å². The second-order valence-electron chi connectivity index (χ2n) is 7.45. The Morgan fingerprint density at radius 2 is 1.94 bits per heavy atom. The molecular weight excluding hydrogens is 431 g/mol. The topological polar surface area (TPSA) is 83.5 Å². The van der Waals surface area contributed by atoms with Gasteiger partial charge in [-0.3, -0.25) is 0 Å². The fourth-order valence-corrected chi connectivity index (χ4v) is 2.77. The summed E-state index contributed by atoms with van der Waals surface area (Å²) in [6.07, 6.45) is 8.49. The summed E-state index contributed by atoms with van der Waals surface area (Å²) in [5.74, 6) is 4.51. The Kier molecular flexibility index (Phi) is 10.8. The first kappa shape index (κ1) is 26.3. The summed E-state index contributed by atoms with van der Waals surface area (Å²) in [6.45, 7) is 3.69. The summed E-state index contributed by atoms with van der Waals surface area (Å²) in [5.41, 5.74) is 0. The number of rotatable bonds is 10. The van der Waals surface area contributed by atoms with Crippen LogP contribution in [0.2, 0.25) is 0 Å². The highest BCUT2D eigenvalue weighted by Crippen LogP contribution is 2.29. The van der Waals surface area contributed by atoms with Crippen LogP contribution in [0.15, 0.2) is 60.7 Å². The molecule has 1 N–H and O–H groups in total. The molecule has 33 heavy (non-hydrogen) atoms. The molecule has 1 heterocycles. The van der Waals surface area contributed by atoms with Crippen LogP contribution in [-0.2, 0) is 23.7 Å². The molecule has 3 atom stereocenters. The van der Waals surface area contributed by atoms with Crippen molar-refractivity contribution in [1.29, 1.82) is 0 Å². The number of hydrogen-bond acceptors (Lipinski definition) is 7. The van der Waals surface area contributed by atoms with Gasteiger partial charge in [0.15, 0.2) is 5.79 Å². The van der Waals surface area contributed by atoms with Gasteiger partial charge in [0.25, 0.3) is 0 Å². The van der Waals surface area contributed by atoms with E-state index in [4.69, 9.17) is 18.9 Å². The van der Waals surface area contributed by atoms with Crippen LogP contribution >= 0.6 is 0 Å². The van der Waals surface area contributed by atoms with Crippen molar-refractivity contribution in [2.75, 3.05) is 26.9 Å². The number of methoxy groups -OCH3 is 1. The molecule has 1 aromatic rings. The molecule has 178 valence electrons. The molecular formula is C25H29FO7. The Labute approximate surface area is 193 Å². The quantitative estimate of drug-likeness (QED) is 0.327. The molecule has 2 rings (SSSR count). The fraction of sp³-hybridized carbons (Fsp3) is 0.400. The molecule has 1 saturated heterocycles. The number of allylic oxidation sites excluding steroid dienone is 4. The van der Waals surface area contributed by atoms with Crippen LogP contribution in [0.3, 0.4) is 0 Å². The predicted molar refractivity (Wildman–Crippen MR) is 120 cm³/mol. The highest BCUT2D eigenvalue weighted by atomic mass is 19.1. The van der Waals surface area contributed by atoms with E-state index in [0.717, 1.165) is 0 Å². The van der Waals surface area contributed by atoms with Crippen molar-refractivity contribution in [2.24, 2.45) is 0 Å². The SMILES string of the molecule is COC(=O)COC[C@@H]1OC(C)(C)O[C@@H]1C=CC=CC#CC=CC(O)COc1ccc(F)cc1. The third-order valence-electron chi connectivity index (χ3n) is 4.26.